The van der Waals surface area contributed by atoms with E-state index in [0.717, 1.165) is 29.7 Å². The van der Waals surface area contributed by atoms with Gasteiger partial charge in [0.05, 0.1) is 0 Å². The van der Waals surface area contributed by atoms with Crippen molar-refractivity contribution in [2.75, 3.05) is 11.6 Å². The topological polar surface area (TPSA) is 37.8 Å². The predicted molar refractivity (Wildman–Crippen MR) is 82.0 cm³/mol. The molecule has 2 aliphatic rings. The number of fused-ring (bicyclic) bond motifs is 1. The molecule has 3 rings (SSSR count). The maximum absolute atomic E-state index is 4.67. The van der Waals surface area contributed by atoms with E-state index in [1.807, 2.05) is 18.7 Å². The number of nitrogens with zero attached hydrogens (tertiary/aromatic N) is 2. The predicted octanol–water partition coefficient (Wildman–Crippen LogP) is 3.36. The van der Waals surface area contributed by atoms with Crippen molar-refractivity contribution in [2.45, 2.75) is 63.2 Å². The summed E-state index contributed by atoms with van der Waals surface area (Å²) in [7, 11) is 0. The van der Waals surface area contributed by atoms with Crippen LogP contribution in [0.1, 0.15) is 49.2 Å². The van der Waals surface area contributed by atoms with Crippen molar-refractivity contribution in [1.29, 1.82) is 0 Å². The SMILES string of the molecule is CSC1CCC(Nc2nc(C)nc3c2CCCC3)C1. The summed E-state index contributed by atoms with van der Waals surface area (Å²) in [5.74, 6) is 2.05. The third kappa shape index (κ3) is 2.88. The van der Waals surface area contributed by atoms with Gasteiger partial charge in [-0.25, -0.2) is 9.97 Å². The summed E-state index contributed by atoms with van der Waals surface area (Å²) < 4.78 is 0. The van der Waals surface area contributed by atoms with Gasteiger partial charge in [0.1, 0.15) is 11.6 Å². The zero-order valence-electron chi connectivity index (χ0n) is 11.9. The fourth-order valence-electron chi connectivity index (χ4n) is 3.32. The third-order valence-corrected chi connectivity index (χ3v) is 5.45. The molecular formula is C15H23N3S. The van der Waals surface area contributed by atoms with Gasteiger partial charge < -0.3 is 5.32 Å². The minimum absolute atomic E-state index is 0.609. The number of anilines is 1. The second kappa shape index (κ2) is 5.70. The maximum atomic E-state index is 4.67. The van der Waals surface area contributed by atoms with Crippen molar-refractivity contribution in [3.05, 3.63) is 17.1 Å². The van der Waals surface area contributed by atoms with Crippen LogP contribution in [-0.4, -0.2) is 27.5 Å². The van der Waals surface area contributed by atoms with Crippen LogP contribution in [-0.2, 0) is 12.8 Å². The quantitative estimate of drug-likeness (QED) is 0.919. The lowest BCUT2D eigenvalue weighted by molar-refractivity contribution is 0.654. The molecule has 0 amide bonds. The van der Waals surface area contributed by atoms with Gasteiger partial charge in [-0.15, -0.1) is 0 Å². The van der Waals surface area contributed by atoms with Gasteiger partial charge in [-0.3, -0.25) is 0 Å². The van der Waals surface area contributed by atoms with Crippen molar-refractivity contribution in [2.24, 2.45) is 0 Å². The average Bonchev–Trinajstić information content (AvgIpc) is 2.86. The Morgan fingerprint density at radius 2 is 2.00 bits per heavy atom. The van der Waals surface area contributed by atoms with E-state index in [9.17, 15) is 0 Å². The number of nitrogens with one attached hydrogen (secondary N) is 1. The van der Waals surface area contributed by atoms with Gasteiger partial charge in [0.15, 0.2) is 0 Å². The van der Waals surface area contributed by atoms with E-state index in [-0.39, 0.29) is 0 Å². The number of aromatic nitrogens is 2. The van der Waals surface area contributed by atoms with Crippen molar-refractivity contribution in [1.82, 2.24) is 9.97 Å². The molecule has 0 bridgehead atoms. The maximum Gasteiger partial charge on any atom is 0.133 e. The van der Waals surface area contributed by atoms with E-state index in [2.05, 4.69) is 21.5 Å². The molecular weight excluding hydrogens is 254 g/mol. The molecule has 19 heavy (non-hydrogen) atoms. The standard InChI is InChI=1S/C15H23N3S/c1-10-16-14-6-4-3-5-13(14)15(17-10)18-11-7-8-12(9-11)19-2/h11-12H,3-9H2,1-2H3,(H,16,17,18). The van der Waals surface area contributed by atoms with E-state index >= 15 is 0 Å². The molecule has 1 saturated carbocycles. The smallest absolute Gasteiger partial charge is 0.133 e. The first-order valence-corrected chi connectivity index (χ1v) is 8.71. The molecule has 0 spiro atoms. The molecule has 104 valence electrons. The van der Waals surface area contributed by atoms with Crippen LogP contribution in [0, 0.1) is 6.92 Å². The summed E-state index contributed by atoms with van der Waals surface area (Å²) in [5.41, 5.74) is 2.69. The monoisotopic (exact) mass is 277 g/mol. The average molecular weight is 277 g/mol. The Bertz CT molecular complexity index is 461. The lowest BCUT2D eigenvalue weighted by Gasteiger charge is -2.21. The zero-order valence-corrected chi connectivity index (χ0v) is 12.7. The van der Waals surface area contributed by atoms with E-state index in [0.29, 0.717) is 6.04 Å². The molecule has 0 aliphatic heterocycles. The first-order chi connectivity index (χ1) is 9.26. The van der Waals surface area contributed by atoms with Crippen molar-refractivity contribution >= 4 is 17.6 Å². The highest BCUT2D eigenvalue weighted by Crippen LogP contribution is 2.32. The van der Waals surface area contributed by atoms with Gasteiger partial charge in [0, 0.05) is 22.5 Å². The first kappa shape index (κ1) is 13.2. The number of aryl methyl sites for hydroxylation is 2. The van der Waals surface area contributed by atoms with E-state index in [1.54, 1.807) is 0 Å². The van der Waals surface area contributed by atoms with Crippen molar-refractivity contribution in [3.8, 4) is 0 Å². The normalized spacial score (nSPS) is 26.2. The summed E-state index contributed by atoms with van der Waals surface area (Å²) in [6.45, 7) is 2.01. The Morgan fingerprint density at radius 1 is 1.16 bits per heavy atom. The number of thioether (sulfide) groups is 1. The number of hydrogen-bond acceptors (Lipinski definition) is 4. The fourth-order valence-corrected chi connectivity index (χ4v) is 4.11. The molecule has 0 saturated heterocycles. The van der Waals surface area contributed by atoms with Gasteiger partial charge in [-0.1, -0.05) is 0 Å². The Kier molecular flexibility index (Phi) is 3.96. The molecule has 1 aromatic rings. The van der Waals surface area contributed by atoms with Gasteiger partial charge in [-0.2, -0.15) is 11.8 Å². The fraction of sp³-hybridized carbons (Fsp3) is 0.733. The molecule has 0 radical (unpaired) electrons. The largest absolute Gasteiger partial charge is 0.367 e. The van der Waals surface area contributed by atoms with Crippen LogP contribution in [0.15, 0.2) is 0 Å². The molecule has 0 aromatic carbocycles. The first-order valence-electron chi connectivity index (χ1n) is 7.42. The minimum atomic E-state index is 0.609. The lowest BCUT2D eigenvalue weighted by Crippen LogP contribution is -2.21. The molecule has 1 N–H and O–H groups in total. The van der Waals surface area contributed by atoms with E-state index < -0.39 is 0 Å². The number of hydrogen-bond donors (Lipinski definition) is 1. The van der Waals surface area contributed by atoms with Crippen LogP contribution >= 0.6 is 11.8 Å². The molecule has 1 aromatic heterocycles. The Morgan fingerprint density at radius 3 is 2.79 bits per heavy atom. The van der Waals surface area contributed by atoms with Gasteiger partial charge in [-0.05, 0) is 58.1 Å². The van der Waals surface area contributed by atoms with Crippen LogP contribution in [0.2, 0.25) is 0 Å². The Balaban J connectivity index is 1.79. The minimum Gasteiger partial charge on any atom is -0.367 e. The van der Waals surface area contributed by atoms with Crippen molar-refractivity contribution in [3.63, 3.8) is 0 Å². The van der Waals surface area contributed by atoms with Crippen LogP contribution < -0.4 is 5.32 Å². The van der Waals surface area contributed by atoms with Crippen LogP contribution in [0.5, 0.6) is 0 Å². The van der Waals surface area contributed by atoms with E-state index in [4.69, 9.17) is 0 Å². The Hall–Kier alpha value is -0.770. The van der Waals surface area contributed by atoms with Crippen molar-refractivity contribution < 1.29 is 0 Å². The summed E-state index contributed by atoms with van der Waals surface area (Å²) in [6.07, 6.45) is 11.0. The highest BCUT2D eigenvalue weighted by Gasteiger charge is 2.26. The molecule has 2 unspecified atom stereocenters. The van der Waals surface area contributed by atoms with Crippen LogP contribution in [0.4, 0.5) is 5.82 Å². The van der Waals surface area contributed by atoms with Crippen LogP contribution in [0.3, 0.4) is 0 Å². The highest BCUT2D eigenvalue weighted by molar-refractivity contribution is 7.99. The summed E-state index contributed by atoms with van der Waals surface area (Å²) in [5, 5.41) is 4.54. The highest BCUT2D eigenvalue weighted by atomic mass is 32.2. The second-order valence-corrected chi connectivity index (χ2v) is 6.90. The molecule has 3 nitrogen and oxygen atoms in total. The second-order valence-electron chi connectivity index (χ2n) is 5.76. The molecule has 2 aliphatic carbocycles. The summed E-state index contributed by atoms with van der Waals surface area (Å²) in [4.78, 5) is 9.30. The molecule has 4 heteroatoms. The zero-order chi connectivity index (χ0) is 13.2. The van der Waals surface area contributed by atoms with Gasteiger partial charge >= 0.3 is 0 Å². The van der Waals surface area contributed by atoms with E-state index in [1.165, 1.54) is 43.4 Å². The van der Waals surface area contributed by atoms with Gasteiger partial charge in [0.2, 0.25) is 0 Å². The van der Waals surface area contributed by atoms with Crippen LogP contribution in [0.25, 0.3) is 0 Å². The number of rotatable bonds is 3. The van der Waals surface area contributed by atoms with Gasteiger partial charge in [0.25, 0.3) is 0 Å². The summed E-state index contributed by atoms with van der Waals surface area (Å²) in [6, 6.07) is 0.609. The lowest BCUT2D eigenvalue weighted by atomic mass is 9.96. The summed E-state index contributed by atoms with van der Waals surface area (Å²) >= 11 is 2.01. The third-order valence-electron chi connectivity index (χ3n) is 4.35. The molecule has 1 heterocycles. The molecule has 1 fully saturated rings. The Labute approximate surface area is 120 Å². The molecule has 2 atom stereocenters.